The van der Waals surface area contributed by atoms with Gasteiger partial charge in [0, 0.05) is 16.3 Å². The average Bonchev–Trinajstić information content (AvgIpc) is 3.06. The van der Waals surface area contributed by atoms with Gasteiger partial charge in [0.05, 0.1) is 13.3 Å². The number of ether oxygens (including phenoxy) is 1. The summed E-state index contributed by atoms with van der Waals surface area (Å²) >= 11 is 1.56. The number of fused-ring (bicyclic) bond motifs is 3. The zero-order chi connectivity index (χ0) is 19.4. The molecule has 0 fully saturated rings. The molecular weight excluding hydrogens is 368 g/mol. The number of para-hydroxylation sites is 1. The maximum absolute atomic E-state index is 12.7. The summed E-state index contributed by atoms with van der Waals surface area (Å²) in [5, 5.41) is 8.33. The van der Waals surface area contributed by atoms with E-state index in [1.807, 2.05) is 30.5 Å². The Labute approximate surface area is 159 Å². The van der Waals surface area contributed by atoms with Crippen LogP contribution in [-0.4, -0.2) is 51.8 Å². The van der Waals surface area contributed by atoms with Crippen LogP contribution in [0.3, 0.4) is 0 Å². The number of rotatable bonds is 7. The van der Waals surface area contributed by atoms with Crippen molar-refractivity contribution in [1.29, 1.82) is 0 Å². The maximum atomic E-state index is 12.7. The minimum atomic E-state index is -0.748. The predicted molar refractivity (Wildman–Crippen MR) is 105 cm³/mol. The largest absolute Gasteiger partial charge is 0.467 e. The number of aromatic nitrogens is 3. The number of amides is 1. The van der Waals surface area contributed by atoms with Gasteiger partial charge in [-0.05, 0) is 24.5 Å². The number of thioether (sulfide) groups is 1. The van der Waals surface area contributed by atoms with Gasteiger partial charge < -0.3 is 15.0 Å². The molecule has 0 unspecified atom stereocenters. The Morgan fingerprint density at radius 2 is 2.11 bits per heavy atom. The van der Waals surface area contributed by atoms with Crippen LogP contribution in [-0.2, 0) is 20.9 Å². The molecule has 0 spiro atoms. The highest BCUT2D eigenvalue weighted by atomic mass is 32.2. The number of esters is 1. The van der Waals surface area contributed by atoms with Crippen LogP contribution in [0.4, 0.5) is 0 Å². The smallest absolute Gasteiger partial charge is 0.328 e. The molecule has 0 aliphatic heterocycles. The summed E-state index contributed by atoms with van der Waals surface area (Å²) in [5.74, 6) is -0.292. The molecule has 0 saturated heterocycles. The molecule has 1 atom stereocenters. The number of nitrogens with zero attached hydrogens (tertiary/aromatic N) is 2. The van der Waals surface area contributed by atoms with Crippen molar-refractivity contribution in [3.05, 3.63) is 40.8 Å². The van der Waals surface area contributed by atoms with Crippen LogP contribution < -0.4 is 10.9 Å². The average molecular weight is 388 g/mol. The van der Waals surface area contributed by atoms with Crippen LogP contribution in [0.25, 0.3) is 21.8 Å². The summed E-state index contributed by atoms with van der Waals surface area (Å²) in [6.45, 7) is -0.281. The van der Waals surface area contributed by atoms with Crippen LogP contribution in [0.1, 0.15) is 6.42 Å². The van der Waals surface area contributed by atoms with Crippen LogP contribution in [0, 0.1) is 0 Å². The Morgan fingerprint density at radius 1 is 1.33 bits per heavy atom. The number of hydrogen-bond acceptors (Lipinski definition) is 6. The fraction of sp³-hybridized carbons (Fsp3) is 0.333. The number of hydrogen-bond donors (Lipinski definition) is 2. The Bertz CT molecular complexity index is 1040. The van der Waals surface area contributed by atoms with E-state index in [2.05, 4.69) is 15.4 Å². The van der Waals surface area contributed by atoms with E-state index in [0.29, 0.717) is 23.1 Å². The van der Waals surface area contributed by atoms with Gasteiger partial charge in [-0.2, -0.15) is 16.9 Å². The second-order valence-corrected chi connectivity index (χ2v) is 6.98. The molecule has 8 nitrogen and oxygen atoms in total. The molecule has 9 heteroatoms. The molecule has 3 rings (SSSR count). The SMILES string of the molecule is COC(=O)[C@H](CCSC)NC(=O)Cn1ncc2c([nH]c3ccccc32)c1=O. The fourth-order valence-electron chi connectivity index (χ4n) is 2.89. The first-order valence-corrected chi connectivity index (χ1v) is 9.77. The zero-order valence-corrected chi connectivity index (χ0v) is 15.8. The summed E-state index contributed by atoms with van der Waals surface area (Å²) in [6.07, 6.45) is 3.92. The van der Waals surface area contributed by atoms with Gasteiger partial charge in [0.15, 0.2) is 0 Å². The van der Waals surface area contributed by atoms with E-state index in [1.165, 1.54) is 7.11 Å². The Morgan fingerprint density at radius 3 is 2.85 bits per heavy atom. The lowest BCUT2D eigenvalue weighted by Crippen LogP contribution is -2.44. The van der Waals surface area contributed by atoms with E-state index >= 15 is 0 Å². The van der Waals surface area contributed by atoms with Crippen LogP contribution in [0.2, 0.25) is 0 Å². The second-order valence-electron chi connectivity index (χ2n) is 5.99. The Kier molecular flexibility index (Phi) is 5.80. The lowest BCUT2D eigenvalue weighted by atomic mass is 10.2. The lowest BCUT2D eigenvalue weighted by Gasteiger charge is -2.16. The molecule has 1 aromatic carbocycles. The lowest BCUT2D eigenvalue weighted by molar-refractivity contribution is -0.145. The number of carbonyl (C=O) groups excluding carboxylic acids is 2. The molecule has 0 radical (unpaired) electrons. The van der Waals surface area contributed by atoms with Crippen LogP contribution in [0.15, 0.2) is 35.3 Å². The fourth-order valence-corrected chi connectivity index (χ4v) is 3.36. The van der Waals surface area contributed by atoms with Gasteiger partial charge in [0.25, 0.3) is 5.56 Å². The van der Waals surface area contributed by atoms with Crippen LogP contribution in [0.5, 0.6) is 0 Å². The van der Waals surface area contributed by atoms with Crippen molar-refractivity contribution in [2.45, 2.75) is 19.0 Å². The van der Waals surface area contributed by atoms with Crippen molar-refractivity contribution in [1.82, 2.24) is 20.1 Å². The molecule has 0 saturated carbocycles. The summed E-state index contributed by atoms with van der Waals surface area (Å²) in [7, 11) is 1.27. The van der Waals surface area contributed by atoms with Crippen molar-refractivity contribution in [3.63, 3.8) is 0 Å². The van der Waals surface area contributed by atoms with E-state index in [4.69, 9.17) is 4.74 Å². The number of H-pyrrole nitrogens is 1. The molecule has 2 heterocycles. The number of nitrogens with one attached hydrogen (secondary N) is 2. The molecule has 1 amide bonds. The van der Waals surface area contributed by atoms with Crippen molar-refractivity contribution in [2.24, 2.45) is 0 Å². The van der Waals surface area contributed by atoms with Gasteiger partial charge >= 0.3 is 5.97 Å². The molecule has 0 aliphatic carbocycles. The summed E-state index contributed by atoms with van der Waals surface area (Å²) < 4.78 is 5.80. The van der Waals surface area contributed by atoms with E-state index in [1.54, 1.807) is 18.0 Å². The minimum Gasteiger partial charge on any atom is -0.467 e. The molecular formula is C18H20N4O4S. The van der Waals surface area contributed by atoms with E-state index < -0.39 is 23.5 Å². The first-order valence-electron chi connectivity index (χ1n) is 8.37. The quantitative estimate of drug-likeness (QED) is 0.591. The van der Waals surface area contributed by atoms with Gasteiger partial charge in [-0.3, -0.25) is 9.59 Å². The van der Waals surface area contributed by atoms with Gasteiger partial charge in [0.2, 0.25) is 5.91 Å². The first-order chi connectivity index (χ1) is 13.0. The zero-order valence-electron chi connectivity index (χ0n) is 15.0. The highest BCUT2D eigenvalue weighted by molar-refractivity contribution is 7.98. The topological polar surface area (TPSA) is 106 Å². The standard InChI is InChI=1S/C18H20N4O4S/c1-26-18(25)14(7-8-27-2)20-15(23)10-22-17(24)16-12(9-19-22)11-5-3-4-6-13(11)21-16/h3-6,9,14,21H,7-8,10H2,1-2H3,(H,20,23)/t14-/m0/s1. The maximum Gasteiger partial charge on any atom is 0.328 e. The number of benzene rings is 1. The van der Waals surface area contributed by atoms with E-state index in [9.17, 15) is 14.4 Å². The monoisotopic (exact) mass is 388 g/mol. The summed E-state index contributed by atoms with van der Waals surface area (Å²) in [5.41, 5.74) is 0.833. The first kappa shape index (κ1) is 19.0. The van der Waals surface area contributed by atoms with Gasteiger partial charge in [0.1, 0.15) is 18.1 Å². The third-order valence-corrected chi connectivity index (χ3v) is 4.89. The second kappa shape index (κ2) is 8.26. The molecule has 27 heavy (non-hydrogen) atoms. The third-order valence-electron chi connectivity index (χ3n) is 4.25. The Balaban J connectivity index is 1.82. The highest BCUT2D eigenvalue weighted by Gasteiger charge is 2.21. The van der Waals surface area contributed by atoms with Gasteiger partial charge in [-0.1, -0.05) is 18.2 Å². The van der Waals surface area contributed by atoms with Crippen molar-refractivity contribution in [2.75, 3.05) is 19.1 Å². The molecule has 3 aromatic rings. The summed E-state index contributed by atoms with van der Waals surface area (Å²) in [6, 6.07) is 6.79. The normalized spacial score (nSPS) is 12.2. The van der Waals surface area contributed by atoms with Crippen molar-refractivity contribution in [3.8, 4) is 0 Å². The minimum absolute atomic E-state index is 0.281. The number of methoxy groups -OCH3 is 1. The summed E-state index contributed by atoms with van der Waals surface area (Å²) in [4.78, 5) is 39.9. The number of aromatic amines is 1. The van der Waals surface area contributed by atoms with Gasteiger partial charge in [-0.25, -0.2) is 9.48 Å². The molecule has 0 bridgehead atoms. The van der Waals surface area contributed by atoms with Crippen LogP contribution >= 0.6 is 11.8 Å². The van der Waals surface area contributed by atoms with E-state index in [-0.39, 0.29) is 6.54 Å². The number of carbonyl (C=O) groups is 2. The molecule has 2 N–H and O–H groups in total. The third kappa shape index (κ3) is 3.97. The van der Waals surface area contributed by atoms with Crippen molar-refractivity contribution >= 4 is 45.4 Å². The van der Waals surface area contributed by atoms with E-state index in [0.717, 1.165) is 15.6 Å². The highest BCUT2D eigenvalue weighted by Crippen LogP contribution is 2.21. The molecule has 0 aliphatic rings. The van der Waals surface area contributed by atoms with Crippen molar-refractivity contribution < 1.29 is 14.3 Å². The Hall–Kier alpha value is -2.81. The molecule has 2 aromatic heterocycles. The molecule has 142 valence electrons. The van der Waals surface area contributed by atoms with Gasteiger partial charge in [-0.15, -0.1) is 0 Å². The predicted octanol–water partition coefficient (Wildman–Crippen LogP) is 1.29.